The smallest absolute Gasteiger partial charge is 0.243 e. The van der Waals surface area contributed by atoms with Crippen LogP contribution in [-0.4, -0.2) is 51.5 Å². The molecule has 12 nitrogen and oxygen atoms in total. The number of carbonyl (C=O) groups excluding carboxylic acids is 2. The SMILES string of the molecule is O=C(CCCCCCC(=O)NCCNc1nonc1C(=Nc1ccc(F)c(Br)c1)NO)NO. The molecule has 14 heteroatoms. The van der Waals surface area contributed by atoms with Gasteiger partial charge in [-0.15, -0.1) is 0 Å². The first-order valence-electron chi connectivity index (χ1n) is 10.1. The van der Waals surface area contributed by atoms with E-state index >= 15 is 0 Å². The molecule has 0 unspecified atom stereocenters. The van der Waals surface area contributed by atoms with Crippen LogP contribution >= 0.6 is 15.9 Å². The van der Waals surface area contributed by atoms with E-state index in [4.69, 9.17) is 9.84 Å². The summed E-state index contributed by atoms with van der Waals surface area (Å²) in [6.45, 7) is 0.621. The maximum Gasteiger partial charge on any atom is 0.243 e. The molecule has 0 atom stereocenters. The third-order valence-corrected chi connectivity index (χ3v) is 4.99. The summed E-state index contributed by atoms with van der Waals surface area (Å²) in [7, 11) is 0. The van der Waals surface area contributed by atoms with Gasteiger partial charge in [-0.05, 0) is 57.3 Å². The van der Waals surface area contributed by atoms with Gasteiger partial charge in [0.2, 0.25) is 17.6 Å². The number of hydrogen-bond acceptors (Lipinski definition) is 9. The molecule has 1 aromatic carbocycles. The van der Waals surface area contributed by atoms with E-state index in [9.17, 15) is 19.2 Å². The number of rotatable bonds is 13. The third kappa shape index (κ3) is 9.11. The average Bonchev–Trinajstić information content (AvgIpc) is 3.27. The lowest BCUT2D eigenvalue weighted by Crippen LogP contribution is -2.29. The first-order chi connectivity index (χ1) is 15.9. The van der Waals surface area contributed by atoms with Gasteiger partial charge in [-0.3, -0.25) is 25.5 Å². The van der Waals surface area contributed by atoms with Gasteiger partial charge in [0.25, 0.3) is 0 Å². The van der Waals surface area contributed by atoms with E-state index in [0.717, 1.165) is 12.8 Å². The minimum absolute atomic E-state index is 0.0715. The molecule has 0 saturated heterocycles. The van der Waals surface area contributed by atoms with Crippen LogP contribution in [0.1, 0.15) is 44.2 Å². The van der Waals surface area contributed by atoms with Gasteiger partial charge in [-0.25, -0.2) is 19.5 Å². The molecule has 0 radical (unpaired) electrons. The molecule has 33 heavy (non-hydrogen) atoms. The summed E-state index contributed by atoms with van der Waals surface area (Å²) in [6, 6.07) is 4.06. The van der Waals surface area contributed by atoms with Crippen molar-refractivity contribution in [1.82, 2.24) is 26.6 Å². The lowest BCUT2D eigenvalue weighted by Gasteiger charge is -2.07. The van der Waals surface area contributed by atoms with Crippen molar-refractivity contribution in [3.63, 3.8) is 0 Å². The molecule has 1 aromatic heterocycles. The van der Waals surface area contributed by atoms with Crippen LogP contribution < -0.4 is 21.6 Å². The normalized spacial score (nSPS) is 11.2. The number of hydroxylamine groups is 2. The Balaban J connectivity index is 1.74. The Labute approximate surface area is 197 Å². The van der Waals surface area contributed by atoms with Gasteiger partial charge in [-0.1, -0.05) is 12.8 Å². The number of benzene rings is 1. The van der Waals surface area contributed by atoms with Crippen molar-refractivity contribution in [1.29, 1.82) is 0 Å². The number of amides is 2. The molecule has 0 aliphatic heterocycles. The van der Waals surface area contributed by atoms with Crippen LogP contribution in [0, 0.1) is 5.82 Å². The average molecular weight is 530 g/mol. The van der Waals surface area contributed by atoms with Gasteiger partial charge in [0.05, 0.1) is 10.2 Å². The zero-order valence-electron chi connectivity index (χ0n) is 17.6. The standard InChI is InChI=1S/C19H25BrFN7O5/c20-13-11-12(7-8-14(13)21)24-19(26-32)17-18(28-33-27-17)23-10-9-22-15(29)5-3-1-2-4-6-16(30)25-31/h7-8,11,31-32H,1-6,9-10H2,(H,22,29)(H,23,28)(H,24,26)(H,25,30). The van der Waals surface area contributed by atoms with Crippen molar-refractivity contribution in [3.05, 3.63) is 34.2 Å². The summed E-state index contributed by atoms with van der Waals surface area (Å²) in [5, 5.41) is 31.0. The van der Waals surface area contributed by atoms with E-state index in [-0.39, 0.29) is 34.1 Å². The molecule has 0 spiro atoms. The number of unbranched alkanes of at least 4 members (excludes halogenated alkanes) is 3. The van der Waals surface area contributed by atoms with Crippen molar-refractivity contribution in [3.8, 4) is 0 Å². The van der Waals surface area contributed by atoms with Crippen LogP contribution in [-0.2, 0) is 9.59 Å². The molecule has 0 fully saturated rings. The molecule has 0 bridgehead atoms. The van der Waals surface area contributed by atoms with E-state index < -0.39 is 11.7 Å². The number of nitrogens with zero attached hydrogens (tertiary/aromatic N) is 3. The van der Waals surface area contributed by atoms with Crippen LogP contribution in [0.5, 0.6) is 0 Å². The van der Waals surface area contributed by atoms with Crippen LogP contribution in [0.2, 0.25) is 0 Å². The van der Waals surface area contributed by atoms with Crippen LogP contribution in [0.3, 0.4) is 0 Å². The Hall–Kier alpha value is -3.10. The summed E-state index contributed by atoms with van der Waals surface area (Å²) in [6.07, 6.45) is 3.56. The highest BCUT2D eigenvalue weighted by atomic mass is 79.9. The number of nitrogens with one attached hydrogen (secondary N) is 4. The number of aromatic nitrogens is 2. The van der Waals surface area contributed by atoms with Gasteiger partial charge in [0.15, 0.2) is 11.5 Å². The fourth-order valence-electron chi connectivity index (χ4n) is 2.73. The third-order valence-electron chi connectivity index (χ3n) is 4.38. The van der Waals surface area contributed by atoms with Crippen molar-refractivity contribution in [2.24, 2.45) is 4.99 Å². The largest absolute Gasteiger partial charge is 0.363 e. The quantitative estimate of drug-likeness (QED) is 0.0747. The molecule has 180 valence electrons. The van der Waals surface area contributed by atoms with Gasteiger partial charge >= 0.3 is 0 Å². The Bertz CT molecular complexity index is 956. The van der Waals surface area contributed by atoms with E-state index in [2.05, 4.69) is 41.9 Å². The Morgan fingerprint density at radius 3 is 2.42 bits per heavy atom. The number of halogens is 2. The highest BCUT2D eigenvalue weighted by Gasteiger charge is 2.16. The second kappa shape index (κ2) is 14.1. The van der Waals surface area contributed by atoms with Crippen molar-refractivity contribution in [2.45, 2.75) is 38.5 Å². The summed E-state index contributed by atoms with van der Waals surface area (Å²) in [4.78, 5) is 26.9. The minimum Gasteiger partial charge on any atom is -0.363 e. The van der Waals surface area contributed by atoms with E-state index in [1.165, 1.54) is 18.2 Å². The lowest BCUT2D eigenvalue weighted by atomic mass is 10.1. The molecular weight excluding hydrogens is 505 g/mol. The van der Waals surface area contributed by atoms with E-state index in [0.29, 0.717) is 38.0 Å². The van der Waals surface area contributed by atoms with Crippen molar-refractivity contribution >= 4 is 45.1 Å². The fraction of sp³-hybridized carbons (Fsp3) is 0.421. The Kier molecular flexibility index (Phi) is 11.2. The minimum atomic E-state index is -0.452. The van der Waals surface area contributed by atoms with Crippen LogP contribution in [0.15, 0.2) is 32.3 Å². The molecule has 1 heterocycles. The number of aliphatic imine (C=N–C) groups is 1. The highest BCUT2D eigenvalue weighted by Crippen LogP contribution is 2.23. The summed E-state index contributed by atoms with van der Waals surface area (Å²) >= 11 is 3.07. The van der Waals surface area contributed by atoms with E-state index in [1.54, 1.807) is 5.48 Å². The maximum atomic E-state index is 13.4. The zero-order chi connectivity index (χ0) is 24.1. The number of amidine groups is 1. The van der Waals surface area contributed by atoms with E-state index in [1.807, 2.05) is 5.48 Å². The second-order valence-corrected chi connectivity index (χ2v) is 7.71. The van der Waals surface area contributed by atoms with Crippen molar-refractivity contribution in [2.75, 3.05) is 18.4 Å². The molecule has 6 N–H and O–H groups in total. The Morgan fingerprint density at radius 2 is 1.76 bits per heavy atom. The predicted octanol–water partition coefficient (Wildman–Crippen LogP) is 2.40. The zero-order valence-corrected chi connectivity index (χ0v) is 19.2. The number of hydrogen-bond donors (Lipinski definition) is 6. The van der Waals surface area contributed by atoms with Crippen LogP contribution in [0.25, 0.3) is 0 Å². The maximum absolute atomic E-state index is 13.4. The molecule has 2 aromatic rings. The predicted molar refractivity (Wildman–Crippen MR) is 119 cm³/mol. The first kappa shape index (κ1) is 26.2. The highest BCUT2D eigenvalue weighted by molar-refractivity contribution is 9.10. The summed E-state index contributed by atoms with van der Waals surface area (Å²) in [5.41, 5.74) is 3.94. The molecule has 2 amide bonds. The van der Waals surface area contributed by atoms with Gasteiger partial charge < -0.3 is 10.6 Å². The second-order valence-electron chi connectivity index (χ2n) is 6.86. The monoisotopic (exact) mass is 529 g/mol. The molecular formula is C19H25BrFN7O5. The van der Waals surface area contributed by atoms with Crippen molar-refractivity contribution < 1.29 is 29.0 Å². The lowest BCUT2D eigenvalue weighted by molar-refractivity contribution is -0.129. The van der Waals surface area contributed by atoms with Crippen LogP contribution in [0.4, 0.5) is 15.9 Å². The summed E-state index contributed by atoms with van der Waals surface area (Å²) < 4.78 is 18.3. The summed E-state index contributed by atoms with van der Waals surface area (Å²) in [5.74, 6) is -0.852. The molecule has 0 aliphatic carbocycles. The molecule has 2 rings (SSSR count). The Morgan fingerprint density at radius 1 is 1.03 bits per heavy atom. The first-order valence-corrected chi connectivity index (χ1v) is 10.9. The topological polar surface area (TPSA) is 174 Å². The molecule has 0 saturated carbocycles. The number of anilines is 1. The van der Waals surface area contributed by atoms with Gasteiger partial charge in [-0.2, -0.15) is 0 Å². The van der Waals surface area contributed by atoms with Gasteiger partial charge in [0.1, 0.15) is 5.82 Å². The number of carbonyl (C=O) groups is 2. The fourth-order valence-corrected chi connectivity index (χ4v) is 3.09. The molecule has 0 aliphatic rings. The van der Waals surface area contributed by atoms with Gasteiger partial charge in [0, 0.05) is 25.9 Å².